The second-order valence-electron chi connectivity index (χ2n) is 8.72. The summed E-state index contributed by atoms with van der Waals surface area (Å²) >= 11 is 8.32. The number of ether oxygens (including phenoxy) is 3. The molecule has 0 saturated heterocycles. The van der Waals surface area contributed by atoms with Crippen LogP contribution >= 0.6 is 43.2 Å². The highest BCUT2D eigenvalue weighted by atomic mass is 79.9. The third-order valence-electron chi connectivity index (χ3n) is 6.46. The second-order valence-corrected chi connectivity index (χ2v) is 11.4. The molecule has 7 nitrogen and oxygen atoms in total. The van der Waals surface area contributed by atoms with E-state index < -0.39 is 12.0 Å². The maximum atomic E-state index is 14.1. The standard InChI is InChI=1S/C29H24Br2N2O5S/c1-5-38-28(35)23-15(2)32-29-33(25(23)24-18-9-7-6-8-17(18)10-11-21(24)36-3)27(34)22(39-29)14-16-12-19(30)26(37-4)20(31)13-16/h6-14,25H,5H2,1-4H3/b22-14-/t25-/m0/s1. The van der Waals surface area contributed by atoms with Crippen LogP contribution in [0.25, 0.3) is 16.8 Å². The number of thiazole rings is 1. The molecule has 1 aliphatic heterocycles. The Hall–Kier alpha value is -3.21. The summed E-state index contributed by atoms with van der Waals surface area (Å²) < 4.78 is 20.2. The number of benzene rings is 3. The van der Waals surface area contributed by atoms with Crippen molar-refractivity contribution >= 4 is 66.0 Å². The molecule has 1 atom stereocenters. The Balaban J connectivity index is 1.83. The highest BCUT2D eigenvalue weighted by Crippen LogP contribution is 2.40. The quantitative estimate of drug-likeness (QED) is 0.253. The van der Waals surface area contributed by atoms with Crippen molar-refractivity contribution in [2.24, 2.45) is 4.99 Å². The minimum absolute atomic E-state index is 0.195. The number of fused-ring (bicyclic) bond motifs is 2. The predicted molar refractivity (Wildman–Crippen MR) is 159 cm³/mol. The molecule has 0 bridgehead atoms. The van der Waals surface area contributed by atoms with E-state index in [2.05, 4.69) is 36.9 Å². The lowest BCUT2D eigenvalue weighted by Crippen LogP contribution is -2.40. The molecule has 39 heavy (non-hydrogen) atoms. The zero-order valence-electron chi connectivity index (χ0n) is 21.6. The number of allylic oxidation sites excluding steroid dienone is 1. The largest absolute Gasteiger partial charge is 0.496 e. The van der Waals surface area contributed by atoms with E-state index in [1.165, 1.54) is 11.3 Å². The van der Waals surface area contributed by atoms with Crippen molar-refractivity contribution in [2.75, 3.05) is 20.8 Å². The third-order valence-corrected chi connectivity index (χ3v) is 8.62. The first-order valence-corrected chi connectivity index (χ1v) is 14.5. The molecule has 1 aliphatic rings. The van der Waals surface area contributed by atoms with Crippen molar-refractivity contribution in [3.05, 3.63) is 99.6 Å². The van der Waals surface area contributed by atoms with Crippen LogP contribution in [0.1, 0.15) is 31.0 Å². The summed E-state index contributed by atoms with van der Waals surface area (Å²) in [7, 11) is 3.17. The zero-order valence-corrected chi connectivity index (χ0v) is 25.6. The molecule has 4 aromatic rings. The van der Waals surface area contributed by atoms with Gasteiger partial charge in [-0.3, -0.25) is 9.36 Å². The number of hydrogen-bond donors (Lipinski definition) is 0. The van der Waals surface area contributed by atoms with Crippen LogP contribution in [0, 0.1) is 0 Å². The van der Waals surface area contributed by atoms with Crippen LogP contribution in [-0.4, -0.2) is 31.4 Å². The molecule has 5 rings (SSSR count). The van der Waals surface area contributed by atoms with Crippen molar-refractivity contribution in [1.82, 2.24) is 4.57 Å². The van der Waals surface area contributed by atoms with Crippen molar-refractivity contribution in [3.63, 3.8) is 0 Å². The van der Waals surface area contributed by atoms with Crippen LogP contribution < -0.4 is 24.4 Å². The van der Waals surface area contributed by atoms with Gasteiger partial charge in [0.1, 0.15) is 17.5 Å². The number of hydrogen-bond acceptors (Lipinski definition) is 7. The molecule has 0 unspecified atom stereocenters. The fourth-order valence-electron chi connectivity index (χ4n) is 4.81. The molecule has 0 amide bonds. The summed E-state index contributed by atoms with van der Waals surface area (Å²) in [5.41, 5.74) is 2.03. The minimum Gasteiger partial charge on any atom is -0.496 e. The number of carbonyl (C=O) groups excluding carboxylic acids is 1. The van der Waals surface area contributed by atoms with Gasteiger partial charge < -0.3 is 14.2 Å². The fourth-order valence-corrected chi connectivity index (χ4v) is 7.40. The van der Waals surface area contributed by atoms with Gasteiger partial charge in [0.05, 0.1) is 45.6 Å². The highest BCUT2D eigenvalue weighted by molar-refractivity contribution is 9.11. The average molecular weight is 672 g/mol. The van der Waals surface area contributed by atoms with Gasteiger partial charge in [0, 0.05) is 5.56 Å². The number of rotatable bonds is 6. The molecular formula is C29H24Br2N2O5S. The molecule has 10 heteroatoms. The van der Waals surface area contributed by atoms with Gasteiger partial charge in [0.25, 0.3) is 5.56 Å². The first kappa shape index (κ1) is 27.4. The topological polar surface area (TPSA) is 79.1 Å². The van der Waals surface area contributed by atoms with E-state index in [9.17, 15) is 9.59 Å². The van der Waals surface area contributed by atoms with Gasteiger partial charge >= 0.3 is 5.97 Å². The monoisotopic (exact) mass is 670 g/mol. The fraction of sp³-hybridized carbons (Fsp3) is 0.207. The first-order valence-electron chi connectivity index (χ1n) is 12.1. The molecule has 0 spiro atoms. The molecule has 200 valence electrons. The van der Waals surface area contributed by atoms with Crippen molar-refractivity contribution < 1.29 is 19.0 Å². The number of halogens is 2. The van der Waals surface area contributed by atoms with Gasteiger partial charge in [-0.1, -0.05) is 41.7 Å². The van der Waals surface area contributed by atoms with Crippen LogP contribution in [0.3, 0.4) is 0 Å². The van der Waals surface area contributed by atoms with Crippen LogP contribution in [0.15, 0.2) is 78.5 Å². The molecule has 3 aromatic carbocycles. The molecule has 0 saturated carbocycles. The summed E-state index contributed by atoms with van der Waals surface area (Å²) in [4.78, 5) is 32.6. The zero-order chi connectivity index (χ0) is 27.8. The number of aromatic nitrogens is 1. The van der Waals surface area contributed by atoms with Crippen LogP contribution in [0.4, 0.5) is 0 Å². The van der Waals surface area contributed by atoms with Gasteiger partial charge in [0.15, 0.2) is 4.80 Å². The maximum Gasteiger partial charge on any atom is 0.338 e. The number of carbonyl (C=O) groups is 1. The molecule has 2 heterocycles. The molecule has 0 N–H and O–H groups in total. The third kappa shape index (κ3) is 4.85. The number of methoxy groups -OCH3 is 2. The Morgan fingerprint density at radius 3 is 2.49 bits per heavy atom. The molecular weight excluding hydrogens is 648 g/mol. The Morgan fingerprint density at radius 2 is 1.82 bits per heavy atom. The Kier molecular flexibility index (Phi) is 7.80. The molecule has 0 radical (unpaired) electrons. The lowest BCUT2D eigenvalue weighted by molar-refractivity contribution is -0.139. The molecule has 0 aliphatic carbocycles. The van der Waals surface area contributed by atoms with E-state index in [0.29, 0.717) is 37.7 Å². The summed E-state index contributed by atoms with van der Waals surface area (Å²) in [6.07, 6.45) is 1.81. The summed E-state index contributed by atoms with van der Waals surface area (Å²) in [6.45, 7) is 3.72. The second kappa shape index (κ2) is 11.1. The maximum absolute atomic E-state index is 14.1. The first-order chi connectivity index (χ1) is 18.8. The normalized spacial score (nSPS) is 15.2. The lowest BCUT2D eigenvalue weighted by atomic mass is 9.90. The van der Waals surface area contributed by atoms with Gasteiger partial charge in [0.2, 0.25) is 0 Å². The van der Waals surface area contributed by atoms with Gasteiger partial charge in [-0.25, -0.2) is 9.79 Å². The highest BCUT2D eigenvalue weighted by Gasteiger charge is 2.36. The van der Waals surface area contributed by atoms with Crippen molar-refractivity contribution in [2.45, 2.75) is 19.9 Å². The number of esters is 1. The van der Waals surface area contributed by atoms with Crippen LogP contribution in [0.5, 0.6) is 11.5 Å². The van der Waals surface area contributed by atoms with Gasteiger partial charge in [-0.05, 0) is 86.3 Å². The smallest absolute Gasteiger partial charge is 0.338 e. The Labute approximate surface area is 245 Å². The Bertz CT molecular complexity index is 1820. The van der Waals surface area contributed by atoms with E-state index in [0.717, 1.165) is 25.3 Å². The van der Waals surface area contributed by atoms with Crippen molar-refractivity contribution in [3.8, 4) is 11.5 Å². The van der Waals surface area contributed by atoms with Gasteiger partial charge in [-0.15, -0.1) is 0 Å². The average Bonchev–Trinajstić information content (AvgIpc) is 3.21. The minimum atomic E-state index is -0.794. The van der Waals surface area contributed by atoms with Crippen LogP contribution in [-0.2, 0) is 9.53 Å². The van der Waals surface area contributed by atoms with E-state index in [4.69, 9.17) is 14.2 Å². The van der Waals surface area contributed by atoms with Gasteiger partial charge in [-0.2, -0.15) is 0 Å². The van der Waals surface area contributed by atoms with E-state index >= 15 is 0 Å². The summed E-state index contributed by atoms with van der Waals surface area (Å²) in [5.74, 6) is 0.704. The molecule has 0 fully saturated rings. The van der Waals surface area contributed by atoms with E-state index in [1.807, 2.05) is 48.5 Å². The van der Waals surface area contributed by atoms with Crippen LogP contribution in [0.2, 0.25) is 0 Å². The van der Waals surface area contributed by atoms with Crippen molar-refractivity contribution in [1.29, 1.82) is 0 Å². The summed E-state index contributed by atoms with van der Waals surface area (Å²) in [5, 5.41) is 1.83. The lowest BCUT2D eigenvalue weighted by Gasteiger charge is -2.27. The Morgan fingerprint density at radius 1 is 1.10 bits per heavy atom. The molecule has 1 aromatic heterocycles. The predicted octanol–water partition coefficient (Wildman–Crippen LogP) is 5.49. The number of nitrogens with zero attached hydrogens (tertiary/aromatic N) is 2. The SMILES string of the molecule is CCOC(=O)C1=C(C)N=c2s/c(=C\c3cc(Br)c(OC)c(Br)c3)c(=O)n2[C@@H]1c1c(OC)ccc2ccccc12. The van der Waals surface area contributed by atoms with E-state index in [-0.39, 0.29) is 12.2 Å². The summed E-state index contributed by atoms with van der Waals surface area (Å²) in [6, 6.07) is 14.6. The van der Waals surface area contributed by atoms with E-state index in [1.54, 1.807) is 38.7 Å².